The van der Waals surface area contributed by atoms with Crippen LogP contribution in [-0.2, 0) is 14.3 Å². The number of aliphatic hydroxyl groups is 2. The molecule has 0 aromatic carbocycles. The first-order chi connectivity index (χ1) is 39.0. The van der Waals surface area contributed by atoms with E-state index < -0.39 is 12.1 Å². The van der Waals surface area contributed by atoms with Crippen LogP contribution in [0.1, 0.15) is 393 Å². The third kappa shape index (κ3) is 65.1. The van der Waals surface area contributed by atoms with Crippen molar-refractivity contribution in [2.45, 2.75) is 405 Å². The van der Waals surface area contributed by atoms with E-state index in [0.29, 0.717) is 25.9 Å². The van der Waals surface area contributed by atoms with Gasteiger partial charge in [0.1, 0.15) is 0 Å². The number of amides is 1. The maximum Gasteiger partial charge on any atom is 0.305 e. The highest BCUT2D eigenvalue weighted by Gasteiger charge is 2.20. The fourth-order valence-electron chi connectivity index (χ4n) is 11.2. The third-order valence-corrected chi connectivity index (χ3v) is 16.7. The lowest BCUT2D eigenvalue weighted by molar-refractivity contribution is -0.143. The molecule has 0 aromatic rings. The van der Waals surface area contributed by atoms with Crippen molar-refractivity contribution in [2.75, 3.05) is 13.2 Å². The molecule has 0 saturated carbocycles. The van der Waals surface area contributed by atoms with Crippen LogP contribution in [0.25, 0.3) is 0 Å². The molecule has 2 atom stereocenters. The molecule has 0 rings (SSSR count). The van der Waals surface area contributed by atoms with E-state index in [0.717, 1.165) is 51.4 Å². The van der Waals surface area contributed by atoms with E-state index in [1.807, 2.05) is 0 Å². The summed E-state index contributed by atoms with van der Waals surface area (Å²) >= 11 is 0. The van der Waals surface area contributed by atoms with Gasteiger partial charge >= 0.3 is 5.97 Å². The number of allylic oxidation sites excluding steroid dienone is 6. The largest absolute Gasteiger partial charge is 0.466 e. The van der Waals surface area contributed by atoms with E-state index in [-0.39, 0.29) is 18.5 Å². The van der Waals surface area contributed by atoms with Crippen LogP contribution in [0.3, 0.4) is 0 Å². The summed E-state index contributed by atoms with van der Waals surface area (Å²) in [5, 5.41) is 23.1. The average molecular weight is 1110 g/mol. The van der Waals surface area contributed by atoms with Crippen LogP contribution in [0, 0.1) is 0 Å². The van der Waals surface area contributed by atoms with E-state index in [9.17, 15) is 19.8 Å². The van der Waals surface area contributed by atoms with Crippen LogP contribution in [-0.4, -0.2) is 47.4 Å². The number of carbonyl (C=O) groups is 2. The van der Waals surface area contributed by atoms with Gasteiger partial charge in [0, 0.05) is 12.8 Å². The van der Waals surface area contributed by atoms with Crippen molar-refractivity contribution >= 4 is 11.9 Å². The van der Waals surface area contributed by atoms with Gasteiger partial charge < -0.3 is 20.3 Å². The van der Waals surface area contributed by atoms with Gasteiger partial charge in [-0.2, -0.15) is 0 Å². The molecular weight excluding hydrogens is 971 g/mol. The van der Waals surface area contributed by atoms with Crippen molar-refractivity contribution in [3.8, 4) is 0 Å². The molecule has 0 aliphatic heterocycles. The Morgan fingerprint density at radius 2 is 0.633 bits per heavy atom. The first-order valence-corrected chi connectivity index (χ1v) is 35.7. The van der Waals surface area contributed by atoms with Gasteiger partial charge in [-0.1, -0.05) is 333 Å². The molecule has 466 valence electrons. The third-order valence-electron chi connectivity index (χ3n) is 16.7. The molecule has 0 spiro atoms. The summed E-state index contributed by atoms with van der Waals surface area (Å²) in [5.41, 5.74) is 0. The molecule has 0 fully saturated rings. The van der Waals surface area contributed by atoms with Crippen molar-refractivity contribution in [2.24, 2.45) is 0 Å². The minimum Gasteiger partial charge on any atom is -0.466 e. The molecule has 6 heteroatoms. The first kappa shape index (κ1) is 77.1. The molecule has 2 unspecified atom stereocenters. The zero-order valence-corrected chi connectivity index (χ0v) is 53.4. The summed E-state index contributed by atoms with van der Waals surface area (Å²) in [6, 6.07) is -0.537. The molecule has 0 bridgehead atoms. The van der Waals surface area contributed by atoms with Crippen LogP contribution in [0.4, 0.5) is 0 Å². The van der Waals surface area contributed by atoms with Gasteiger partial charge in [-0.3, -0.25) is 9.59 Å². The fraction of sp³-hybridized carbons (Fsp3) is 0.890. The van der Waals surface area contributed by atoms with Crippen molar-refractivity contribution < 1.29 is 24.5 Å². The number of aliphatic hydroxyl groups excluding tert-OH is 2. The first-order valence-electron chi connectivity index (χ1n) is 35.7. The minimum absolute atomic E-state index is 0.0116. The van der Waals surface area contributed by atoms with Crippen LogP contribution >= 0.6 is 0 Å². The van der Waals surface area contributed by atoms with Crippen LogP contribution in [0.2, 0.25) is 0 Å². The Morgan fingerprint density at radius 3 is 0.975 bits per heavy atom. The van der Waals surface area contributed by atoms with Crippen molar-refractivity contribution in [1.82, 2.24) is 5.32 Å². The number of nitrogens with one attached hydrogen (secondary N) is 1. The van der Waals surface area contributed by atoms with E-state index >= 15 is 0 Å². The molecular formula is C73H139NO5. The Kier molecular flexibility index (Phi) is 66.9. The molecule has 79 heavy (non-hydrogen) atoms. The van der Waals surface area contributed by atoms with E-state index in [2.05, 4.69) is 55.6 Å². The summed E-state index contributed by atoms with van der Waals surface area (Å²) in [6.07, 6.45) is 88.0. The van der Waals surface area contributed by atoms with E-state index in [1.54, 1.807) is 0 Å². The molecule has 0 heterocycles. The summed E-state index contributed by atoms with van der Waals surface area (Å²) in [5.74, 6) is -0.0216. The summed E-state index contributed by atoms with van der Waals surface area (Å²) in [6.45, 7) is 4.95. The van der Waals surface area contributed by atoms with E-state index in [4.69, 9.17) is 4.74 Å². The molecule has 0 saturated heterocycles. The molecule has 1 amide bonds. The highest BCUT2D eigenvalue weighted by molar-refractivity contribution is 5.76. The lowest BCUT2D eigenvalue weighted by Gasteiger charge is -2.22. The topological polar surface area (TPSA) is 95.9 Å². The lowest BCUT2D eigenvalue weighted by Crippen LogP contribution is -2.45. The second kappa shape index (κ2) is 68.6. The fourth-order valence-corrected chi connectivity index (χ4v) is 11.2. The molecule has 0 aliphatic carbocycles. The minimum atomic E-state index is -0.660. The zero-order chi connectivity index (χ0) is 57.1. The molecule has 3 N–H and O–H groups in total. The summed E-state index contributed by atoms with van der Waals surface area (Å²) in [7, 11) is 0. The number of esters is 1. The number of rotatable bonds is 67. The smallest absolute Gasteiger partial charge is 0.305 e. The maximum absolute atomic E-state index is 12.4. The standard InChI is InChI=1S/C73H139NO5/c1-3-5-7-9-11-13-14-15-16-41-44-47-51-55-59-63-67-73(78)79-68-64-60-56-52-48-45-42-39-37-35-33-31-29-27-25-23-21-19-17-18-20-22-24-26-28-30-32-34-36-38-40-43-46-50-54-58-62-66-72(77)74-70(69-75)71(76)65-61-57-53-49-12-10-8-6-4-2/h16-17,19,23,25,41,70-71,75-76H,3-15,18,20-22,24,26-40,42-69H2,1-2H3,(H,74,77)/b19-17-,25-23-,41-16-. The lowest BCUT2D eigenvalue weighted by atomic mass is 10.0. The van der Waals surface area contributed by atoms with Gasteiger partial charge in [-0.15, -0.1) is 0 Å². The van der Waals surface area contributed by atoms with Gasteiger partial charge in [0.05, 0.1) is 25.4 Å². The monoisotopic (exact) mass is 1110 g/mol. The number of carbonyl (C=O) groups excluding carboxylic acids is 2. The van der Waals surface area contributed by atoms with Gasteiger partial charge in [0.2, 0.25) is 5.91 Å². The Hall–Kier alpha value is -1.92. The van der Waals surface area contributed by atoms with Crippen LogP contribution < -0.4 is 5.32 Å². The Labute approximate surface area is 494 Å². The van der Waals surface area contributed by atoms with Crippen molar-refractivity contribution in [1.29, 1.82) is 0 Å². The van der Waals surface area contributed by atoms with Gasteiger partial charge in [0.25, 0.3) is 0 Å². The highest BCUT2D eigenvalue weighted by atomic mass is 16.5. The number of hydrogen-bond acceptors (Lipinski definition) is 5. The second-order valence-corrected chi connectivity index (χ2v) is 24.6. The Morgan fingerprint density at radius 1 is 0.354 bits per heavy atom. The van der Waals surface area contributed by atoms with Gasteiger partial charge in [-0.25, -0.2) is 0 Å². The summed E-state index contributed by atoms with van der Waals surface area (Å²) < 4.78 is 5.50. The van der Waals surface area contributed by atoms with Crippen molar-refractivity contribution in [3.63, 3.8) is 0 Å². The van der Waals surface area contributed by atoms with Crippen LogP contribution in [0.5, 0.6) is 0 Å². The Bertz CT molecular complexity index is 1280. The molecule has 0 radical (unpaired) electrons. The number of hydrogen-bond donors (Lipinski definition) is 3. The predicted molar refractivity (Wildman–Crippen MR) is 347 cm³/mol. The quantitative estimate of drug-likeness (QED) is 0.0320. The number of unbranched alkanes of at least 4 members (excludes halogenated alkanes) is 50. The number of ether oxygens (including phenoxy) is 1. The normalized spacial score (nSPS) is 12.7. The maximum atomic E-state index is 12.4. The molecule has 6 nitrogen and oxygen atoms in total. The van der Waals surface area contributed by atoms with Gasteiger partial charge in [0.15, 0.2) is 0 Å². The Balaban J connectivity index is 3.33. The van der Waals surface area contributed by atoms with Crippen molar-refractivity contribution in [3.05, 3.63) is 36.5 Å². The van der Waals surface area contributed by atoms with Gasteiger partial charge in [-0.05, 0) is 83.5 Å². The SMILES string of the molecule is CCCCCCCCC/C=C\CCCCCCCC(=O)OCCCCCCCCCCCCCCC/C=C\C/C=C\CCCCCCCCCCCCCCCCCCCC(=O)NC(CO)C(O)CCCCCCCCCCC. The van der Waals surface area contributed by atoms with E-state index in [1.165, 1.54) is 308 Å². The highest BCUT2D eigenvalue weighted by Crippen LogP contribution is 2.18. The van der Waals surface area contributed by atoms with Crippen LogP contribution in [0.15, 0.2) is 36.5 Å². The second-order valence-electron chi connectivity index (χ2n) is 24.6. The average Bonchev–Trinajstić information content (AvgIpc) is 3.45. The molecule has 0 aliphatic rings. The molecule has 0 aromatic heterocycles. The predicted octanol–water partition coefficient (Wildman–Crippen LogP) is 23.1. The summed E-state index contributed by atoms with van der Waals surface area (Å²) in [4.78, 5) is 24.5. The zero-order valence-electron chi connectivity index (χ0n) is 53.4.